The maximum Gasteiger partial charge on any atom is 0.407 e. The average Bonchev–Trinajstić information content (AvgIpc) is 2.70. The van der Waals surface area contributed by atoms with E-state index in [1.807, 2.05) is 49.4 Å². The van der Waals surface area contributed by atoms with E-state index in [4.69, 9.17) is 4.74 Å². The third-order valence-electron chi connectivity index (χ3n) is 4.47. The molecule has 0 aliphatic carbocycles. The first kappa shape index (κ1) is 24.9. The van der Waals surface area contributed by atoms with E-state index in [0.29, 0.717) is 19.4 Å². The number of anilines is 1. The van der Waals surface area contributed by atoms with Crippen molar-refractivity contribution >= 4 is 23.6 Å². The van der Waals surface area contributed by atoms with E-state index in [9.17, 15) is 14.4 Å². The zero-order valence-electron chi connectivity index (χ0n) is 19.3. The van der Waals surface area contributed by atoms with Gasteiger partial charge in [0.15, 0.2) is 0 Å². The first-order valence-electron chi connectivity index (χ1n) is 10.8. The van der Waals surface area contributed by atoms with E-state index in [2.05, 4.69) is 22.0 Å². The van der Waals surface area contributed by atoms with Crippen molar-refractivity contribution in [2.45, 2.75) is 59.1 Å². The van der Waals surface area contributed by atoms with Crippen molar-refractivity contribution in [3.8, 4) is 0 Å². The molecule has 0 heterocycles. The monoisotopic (exact) mass is 439 g/mol. The minimum absolute atomic E-state index is 0.0370. The summed E-state index contributed by atoms with van der Waals surface area (Å²) >= 11 is 0. The zero-order valence-corrected chi connectivity index (χ0v) is 19.3. The molecule has 0 aliphatic heterocycles. The van der Waals surface area contributed by atoms with Gasteiger partial charge >= 0.3 is 6.09 Å². The van der Waals surface area contributed by atoms with Crippen LogP contribution >= 0.6 is 0 Å². The predicted octanol–water partition coefficient (Wildman–Crippen LogP) is 4.10. The van der Waals surface area contributed by atoms with Crippen LogP contribution in [0.15, 0.2) is 48.5 Å². The summed E-state index contributed by atoms with van der Waals surface area (Å²) in [5.74, 6) is -0.209. The van der Waals surface area contributed by atoms with E-state index in [0.717, 1.165) is 16.8 Å². The molecule has 2 aromatic rings. The largest absolute Gasteiger partial charge is 0.444 e. The second kappa shape index (κ2) is 11.9. The fourth-order valence-electron chi connectivity index (χ4n) is 2.94. The molecule has 2 rings (SSSR count). The molecule has 3 N–H and O–H groups in total. The third kappa shape index (κ3) is 10.1. The molecular weight excluding hydrogens is 406 g/mol. The molecule has 0 radical (unpaired) electrons. The lowest BCUT2D eigenvalue weighted by molar-refractivity contribution is -0.121. The number of hydrogen-bond acceptors (Lipinski definition) is 4. The summed E-state index contributed by atoms with van der Waals surface area (Å²) in [5, 5.41) is 8.26. The molecule has 172 valence electrons. The smallest absolute Gasteiger partial charge is 0.407 e. The van der Waals surface area contributed by atoms with Gasteiger partial charge in [-0.05, 0) is 57.4 Å². The highest BCUT2D eigenvalue weighted by Crippen LogP contribution is 2.12. The van der Waals surface area contributed by atoms with Gasteiger partial charge in [0, 0.05) is 31.6 Å². The van der Waals surface area contributed by atoms with Gasteiger partial charge in [0.2, 0.25) is 11.8 Å². The Morgan fingerprint density at radius 1 is 0.875 bits per heavy atom. The van der Waals surface area contributed by atoms with E-state index in [1.165, 1.54) is 5.56 Å². The lowest BCUT2D eigenvalue weighted by Gasteiger charge is -2.19. The van der Waals surface area contributed by atoms with Gasteiger partial charge in [0.05, 0.1) is 0 Å². The van der Waals surface area contributed by atoms with Crippen molar-refractivity contribution < 1.29 is 19.1 Å². The number of alkyl carbamates (subject to hydrolysis) is 1. The second-order valence-electron chi connectivity index (χ2n) is 8.69. The third-order valence-corrected chi connectivity index (χ3v) is 4.47. The van der Waals surface area contributed by atoms with Crippen molar-refractivity contribution in [3.63, 3.8) is 0 Å². The molecule has 3 amide bonds. The van der Waals surface area contributed by atoms with Crippen LogP contribution in [-0.2, 0) is 27.3 Å². The number of carbonyl (C=O) groups is 3. The molecule has 32 heavy (non-hydrogen) atoms. The van der Waals surface area contributed by atoms with Gasteiger partial charge in [0.25, 0.3) is 0 Å². The van der Waals surface area contributed by atoms with Crippen LogP contribution in [0, 0.1) is 6.92 Å². The number of aryl methyl sites for hydroxylation is 2. The number of carbonyl (C=O) groups excluding carboxylic acids is 3. The molecular formula is C25H33N3O4. The Morgan fingerprint density at radius 2 is 1.59 bits per heavy atom. The first-order chi connectivity index (χ1) is 15.1. The summed E-state index contributed by atoms with van der Waals surface area (Å²) in [5.41, 5.74) is 3.39. The van der Waals surface area contributed by atoms with Crippen LogP contribution in [0.1, 0.15) is 50.3 Å². The SMILES string of the molecule is Cc1cccc(CCC(=O)Nc2ccc(CNC(=O)CCNC(=O)OC(C)(C)C)cc2)c1. The van der Waals surface area contributed by atoms with Crippen molar-refractivity contribution in [2.75, 3.05) is 11.9 Å². The van der Waals surface area contributed by atoms with Crippen LogP contribution in [-0.4, -0.2) is 30.1 Å². The molecule has 0 bridgehead atoms. The molecule has 0 spiro atoms. The Morgan fingerprint density at radius 3 is 2.25 bits per heavy atom. The number of hydrogen-bond donors (Lipinski definition) is 3. The number of rotatable bonds is 9. The number of nitrogens with one attached hydrogen (secondary N) is 3. The zero-order chi connectivity index (χ0) is 23.6. The lowest BCUT2D eigenvalue weighted by Crippen LogP contribution is -2.35. The standard InChI is InChI=1S/C25H33N3O4/c1-18-6-5-7-19(16-18)10-13-23(30)28-21-11-8-20(9-12-21)17-27-22(29)14-15-26-24(31)32-25(2,3)4/h5-9,11-12,16H,10,13-15,17H2,1-4H3,(H,26,31)(H,27,29)(H,28,30). The maximum atomic E-state index is 12.2. The summed E-state index contributed by atoms with van der Waals surface area (Å²) in [6, 6.07) is 15.5. The van der Waals surface area contributed by atoms with Crippen molar-refractivity contribution in [1.82, 2.24) is 10.6 Å². The maximum absolute atomic E-state index is 12.2. The summed E-state index contributed by atoms with van der Waals surface area (Å²) in [7, 11) is 0. The molecule has 0 atom stereocenters. The Balaban J connectivity index is 1.67. The summed E-state index contributed by atoms with van der Waals surface area (Å²) in [4.78, 5) is 35.7. The molecule has 0 saturated heterocycles. The highest BCUT2D eigenvalue weighted by Gasteiger charge is 2.15. The van der Waals surface area contributed by atoms with E-state index in [-0.39, 0.29) is 24.8 Å². The molecule has 0 unspecified atom stereocenters. The summed E-state index contributed by atoms with van der Waals surface area (Å²) in [6.45, 7) is 7.94. The molecule has 0 aromatic heterocycles. The van der Waals surface area contributed by atoms with Crippen molar-refractivity contribution in [3.05, 3.63) is 65.2 Å². The van der Waals surface area contributed by atoms with Crippen LogP contribution in [0.3, 0.4) is 0 Å². The summed E-state index contributed by atoms with van der Waals surface area (Å²) in [6.07, 6.45) is 0.731. The van der Waals surface area contributed by atoms with Crippen LogP contribution in [0.5, 0.6) is 0 Å². The van der Waals surface area contributed by atoms with Gasteiger partial charge in [-0.25, -0.2) is 4.79 Å². The Hall–Kier alpha value is -3.35. The van der Waals surface area contributed by atoms with E-state index >= 15 is 0 Å². The van der Waals surface area contributed by atoms with Gasteiger partial charge in [-0.2, -0.15) is 0 Å². The quantitative estimate of drug-likeness (QED) is 0.548. The molecule has 7 nitrogen and oxygen atoms in total. The van der Waals surface area contributed by atoms with Crippen LogP contribution in [0.4, 0.5) is 10.5 Å². The number of benzene rings is 2. The molecule has 0 aliphatic rings. The molecule has 0 saturated carbocycles. The summed E-state index contributed by atoms with van der Waals surface area (Å²) < 4.78 is 5.12. The highest BCUT2D eigenvalue weighted by molar-refractivity contribution is 5.90. The average molecular weight is 440 g/mol. The van der Waals surface area contributed by atoms with Gasteiger partial charge in [-0.1, -0.05) is 42.0 Å². The van der Waals surface area contributed by atoms with Gasteiger partial charge < -0.3 is 20.7 Å². The molecule has 0 fully saturated rings. The lowest BCUT2D eigenvalue weighted by atomic mass is 10.1. The predicted molar refractivity (Wildman–Crippen MR) is 125 cm³/mol. The number of amides is 3. The van der Waals surface area contributed by atoms with Crippen molar-refractivity contribution in [1.29, 1.82) is 0 Å². The number of ether oxygens (including phenoxy) is 1. The topological polar surface area (TPSA) is 96.5 Å². The van der Waals surface area contributed by atoms with Crippen molar-refractivity contribution in [2.24, 2.45) is 0 Å². The van der Waals surface area contributed by atoms with Gasteiger partial charge in [-0.3, -0.25) is 9.59 Å². The second-order valence-corrected chi connectivity index (χ2v) is 8.69. The Kier molecular flexibility index (Phi) is 9.25. The molecule has 7 heteroatoms. The van der Waals surface area contributed by atoms with Gasteiger partial charge in [0.1, 0.15) is 5.60 Å². The fourth-order valence-corrected chi connectivity index (χ4v) is 2.94. The minimum atomic E-state index is -0.570. The Bertz CT molecular complexity index is 918. The first-order valence-corrected chi connectivity index (χ1v) is 10.8. The van der Waals surface area contributed by atoms with Crippen LogP contribution in [0.2, 0.25) is 0 Å². The van der Waals surface area contributed by atoms with E-state index < -0.39 is 11.7 Å². The van der Waals surface area contributed by atoms with Crippen LogP contribution < -0.4 is 16.0 Å². The van der Waals surface area contributed by atoms with Gasteiger partial charge in [-0.15, -0.1) is 0 Å². The normalized spacial score (nSPS) is 10.9. The van der Waals surface area contributed by atoms with E-state index in [1.54, 1.807) is 20.8 Å². The van der Waals surface area contributed by atoms with Crippen LogP contribution in [0.25, 0.3) is 0 Å². The fraction of sp³-hybridized carbons (Fsp3) is 0.400. The minimum Gasteiger partial charge on any atom is -0.444 e. The highest BCUT2D eigenvalue weighted by atomic mass is 16.6. The molecule has 2 aromatic carbocycles. The Labute approximate surface area is 189 Å².